The van der Waals surface area contributed by atoms with E-state index in [4.69, 9.17) is 9.47 Å². The van der Waals surface area contributed by atoms with E-state index in [1.807, 2.05) is 42.5 Å². The van der Waals surface area contributed by atoms with E-state index < -0.39 is 48.8 Å². The van der Waals surface area contributed by atoms with Gasteiger partial charge >= 0.3 is 12.1 Å². The summed E-state index contributed by atoms with van der Waals surface area (Å²) in [6, 6.07) is 17.8. The van der Waals surface area contributed by atoms with Crippen molar-refractivity contribution in [2.75, 3.05) is 26.2 Å². The second-order valence-electron chi connectivity index (χ2n) is 11.3. The predicted octanol–water partition coefficient (Wildman–Crippen LogP) is 1.27. The van der Waals surface area contributed by atoms with Crippen LogP contribution in [0.25, 0.3) is 0 Å². The Morgan fingerprint density at radius 3 is 2.33 bits per heavy atom. The van der Waals surface area contributed by atoms with E-state index >= 15 is 0 Å². The number of fused-ring (bicyclic) bond motifs is 4. The van der Waals surface area contributed by atoms with Crippen LogP contribution < -0.4 is 0 Å². The van der Waals surface area contributed by atoms with E-state index in [-0.39, 0.29) is 16.4 Å². The van der Waals surface area contributed by atoms with Gasteiger partial charge in [0.1, 0.15) is 18.8 Å². The van der Waals surface area contributed by atoms with E-state index in [1.54, 1.807) is 4.90 Å². The molecular formula is C29H35N2O8+. The van der Waals surface area contributed by atoms with Gasteiger partial charge in [-0.05, 0) is 23.1 Å². The number of piperidine rings is 3. The maximum Gasteiger partial charge on any atom is 0.411 e. The molecule has 39 heavy (non-hydrogen) atoms. The number of aliphatic hydroxyl groups excluding tert-OH is 3. The first-order valence-electron chi connectivity index (χ1n) is 13.7. The van der Waals surface area contributed by atoms with Gasteiger partial charge in [-0.25, -0.2) is 9.59 Å². The number of carboxylic acids is 1. The Morgan fingerprint density at radius 2 is 1.62 bits per heavy atom. The van der Waals surface area contributed by atoms with Crippen molar-refractivity contribution in [1.29, 1.82) is 0 Å². The van der Waals surface area contributed by atoms with Gasteiger partial charge in [-0.1, -0.05) is 54.6 Å². The maximum atomic E-state index is 13.8. The molecule has 4 fully saturated rings. The highest BCUT2D eigenvalue weighted by atomic mass is 16.6. The summed E-state index contributed by atoms with van der Waals surface area (Å²) in [4.78, 5) is 27.3. The van der Waals surface area contributed by atoms with Crippen LogP contribution in [0.3, 0.4) is 0 Å². The largest absolute Gasteiger partial charge is 0.479 e. The third-order valence-corrected chi connectivity index (χ3v) is 9.22. The third kappa shape index (κ3) is 4.50. The Labute approximate surface area is 226 Å². The number of hydrogen-bond donors (Lipinski definition) is 4. The summed E-state index contributed by atoms with van der Waals surface area (Å²) in [5.74, 6) is -1.25. The van der Waals surface area contributed by atoms with Crippen LogP contribution in [0.2, 0.25) is 0 Å². The summed E-state index contributed by atoms with van der Waals surface area (Å²) >= 11 is 0. The number of ether oxygens (including phenoxy) is 2. The molecule has 4 N–H and O–H groups in total. The second-order valence-corrected chi connectivity index (χ2v) is 11.3. The van der Waals surface area contributed by atoms with Crippen LogP contribution in [-0.4, -0.2) is 105 Å². The lowest BCUT2D eigenvalue weighted by molar-refractivity contribution is -0.993. The van der Waals surface area contributed by atoms with Crippen LogP contribution in [0, 0.1) is 5.92 Å². The third-order valence-electron chi connectivity index (χ3n) is 9.22. The fourth-order valence-electron chi connectivity index (χ4n) is 7.13. The first kappa shape index (κ1) is 26.2. The van der Waals surface area contributed by atoms with Gasteiger partial charge in [0.05, 0.1) is 19.1 Å². The van der Waals surface area contributed by atoms with Crippen LogP contribution >= 0.6 is 0 Å². The summed E-state index contributed by atoms with van der Waals surface area (Å²) in [5, 5.41) is 41.0. The minimum absolute atomic E-state index is 0.146. The van der Waals surface area contributed by atoms with Crippen LogP contribution in [-0.2, 0) is 20.7 Å². The Hall–Kier alpha value is -3.02. The summed E-state index contributed by atoms with van der Waals surface area (Å²) in [6.45, 7) is 2.05. The van der Waals surface area contributed by atoms with E-state index in [0.29, 0.717) is 39.0 Å². The van der Waals surface area contributed by atoms with Gasteiger partial charge in [0.15, 0.2) is 18.3 Å². The van der Waals surface area contributed by atoms with E-state index in [2.05, 4.69) is 12.1 Å². The zero-order chi connectivity index (χ0) is 27.3. The highest BCUT2D eigenvalue weighted by molar-refractivity contribution is 5.73. The number of quaternary nitrogens is 1. The SMILES string of the molecule is O=C(O)C1O[C@H]([N+]23CCC(CC2)[C@@H](OC(=O)N2CCc4ccccc4[C@@H]2c2ccccc2)C3)[C@H](O)[C@H](O)[C@H]1O. The van der Waals surface area contributed by atoms with Crippen LogP contribution in [0.15, 0.2) is 54.6 Å². The lowest BCUT2D eigenvalue weighted by Crippen LogP contribution is -2.76. The summed E-state index contributed by atoms with van der Waals surface area (Å²) < 4.78 is 12.1. The molecule has 0 spiro atoms. The number of carbonyl (C=O) groups is 2. The van der Waals surface area contributed by atoms with Crippen molar-refractivity contribution in [3.8, 4) is 0 Å². The Balaban J connectivity index is 1.24. The standard InChI is InChI=1S/C29H34N2O8/c32-23-24(33)26(28(35)36)39-27(25(23)34)31-14-11-18(12-15-31)21(16-31)38-29(37)30-13-10-17-6-4-5-9-20(17)22(30)19-7-2-1-3-8-19/h1-9,18,21-27,32-34H,10-16H2/p+1/t18?,21-,22-,23+,24+,25+,26?,27-,31?/m0/s1. The molecule has 0 aliphatic carbocycles. The number of aliphatic hydroxyl groups is 3. The summed E-state index contributed by atoms with van der Waals surface area (Å²) in [6.07, 6.45) is -6.26. The fraction of sp³-hybridized carbons (Fsp3) is 0.517. The average molecular weight is 540 g/mol. The Bertz CT molecular complexity index is 1220. The molecule has 5 aliphatic heterocycles. The van der Waals surface area contributed by atoms with Crippen molar-refractivity contribution < 1.29 is 44.0 Å². The van der Waals surface area contributed by atoms with Crippen LogP contribution in [0.5, 0.6) is 0 Å². The molecule has 0 radical (unpaired) electrons. The monoisotopic (exact) mass is 539 g/mol. The van der Waals surface area contributed by atoms with Gasteiger partial charge in [-0.3, -0.25) is 9.38 Å². The molecule has 7 atom stereocenters. The smallest absolute Gasteiger partial charge is 0.411 e. The number of carboxylic acid groups (broad SMARTS) is 1. The topological polar surface area (TPSA) is 137 Å². The van der Waals surface area contributed by atoms with Gasteiger partial charge in [0, 0.05) is 25.3 Å². The fourth-order valence-corrected chi connectivity index (χ4v) is 7.13. The van der Waals surface area contributed by atoms with Crippen LogP contribution in [0.1, 0.15) is 35.6 Å². The quantitative estimate of drug-likeness (QED) is 0.427. The minimum Gasteiger partial charge on any atom is -0.479 e. The molecule has 5 aliphatic rings. The molecule has 7 rings (SSSR count). The maximum absolute atomic E-state index is 13.8. The zero-order valence-electron chi connectivity index (χ0n) is 21.6. The Kier molecular flexibility index (Phi) is 6.84. The molecule has 2 bridgehead atoms. The molecule has 0 aromatic heterocycles. The first-order chi connectivity index (χ1) is 18.8. The molecular weight excluding hydrogens is 504 g/mol. The van der Waals surface area contributed by atoms with Gasteiger partial charge < -0.3 is 29.9 Å². The molecule has 2 aromatic carbocycles. The van der Waals surface area contributed by atoms with Crippen molar-refractivity contribution in [3.05, 3.63) is 71.3 Å². The second kappa shape index (κ2) is 10.2. The summed E-state index contributed by atoms with van der Waals surface area (Å²) in [7, 11) is 0. The Morgan fingerprint density at radius 1 is 0.923 bits per heavy atom. The van der Waals surface area contributed by atoms with Gasteiger partial charge in [0.25, 0.3) is 0 Å². The lowest BCUT2D eigenvalue weighted by atomic mass is 9.81. The number of rotatable bonds is 4. The number of benzene rings is 2. The molecule has 208 valence electrons. The van der Waals surface area contributed by atoms with Crippen molar-refractivity contribution >= 4 is 12.1 Å². The van der Waals surface area contributed by atoms with E-state index in [9.17, 15) is 30.0 Å². The number of carbonyl (C=O) groups excluding carboxylic acids is 1. The predicted molar refractivity (Wildman–Crippen MR) is 137 cm³/mol. The zero-order valence-corrected chi connectivity index (χ0v) is 21.6. The van der Waals surface area contributed by atoms with Crippen molar-refractivity contribution in [1.82, 2.24) is 4.90 Å². The number of aliphatic carboxylic acids is 1. The molecule has 2 aromatic rings. The molecule has 4 saturated heterocycles. The number of nitrogens with zero attached hydrogens (tertiary/aromatic N) is 2. The summed E-state index contributed by atoms with van der Waals surface area (Å²) in [5.41, 5.74) is 3.29. The lowest BCUT2D eigenvalue weighted by Gasteiger charge is -2.57. The number of hydrogen-bond acceptors (Lipinski definition) is 7. The molecule has 10 heteroatoms. The van der Waals surface area contributed by atoms with Crippen molar-refractivity contribution in [3.63, 3.8) is 0 Å². The molecule has 0 saturated carbocycles. The molecule has 5 heterocycles. The van der Waals surface area contributed by atoms with E-state index in [0.717, 1.165) is 17.5 Å². The molecule has 1 amide bonds. The highest BCUT2D eigenvalue weighted by Gasteiger charge is 2.60. The average Bonchev–Trinajstić information content (AvgIpc) is 2.96. The van der Waals surface area contributed by atoms with E-state index in [1.165, 1.54) is 5.56 Å². The minimum atomic E-state index is -1.74. The first-order valence-corrected chi connectivity index (χ1v) is 13.7. The van der Waals surface area contributed by atoms with Crippen LogP contribution in [0.4, 0.5) is 4.79 Å². The highest BCUT2D eigenvalue weighted by Crippen LogP contribution is 2.42. The van der Waals surface area contributed by atoms with Crippen molar-refractivity contribution in [2.45, 2.75) is 62.1 Å². The normalized spacial score (nSPS) is 37.7. The number of amides is 1. The van der Waals surface area contributed by atoms with Gasteiger partial charge in [0.2, 0.25) is 6.23 Å². The molecule has 1 unspecified atom stereocenters. The molecule has 10 nitrogen and oxygen atoms in total. The van der Waals surface area contributed by atoms with Gasteiger partial charge in [-0.15, -0.1) is 0 Å². The van der Waals surface area contributed by atoms with Crippen molar-refractivity contribution in [2.24, 2.45) is 5.92 Å². The van der Waals surface area contributed by atoms with Gasteiger partial charge in [-0.2, -0.15) is 0 Å².